The van der Waals surface area contributed by atoms with Crippen LogP contribution in [-0.2, 0) is 0 Å². The van der Waals surface area contributed by atoms with Gasteiger partial charge in [-0.15, -0.1) is 0 Å². The Bertz CT molecular complexity index is 584. The second-order valence-electron chi connectivity index (χ2n) is 4.15. The van der Waals surface area contributed by atoms with Crippen LogP contribution >= 0.6 is 15.9 Å². The molecule has 0 heterocycles. The molecule has 0 fully saturated rings. The Hall–Kier alpha value is -1.26. The Morgan fingerprint density at radius 1 is 1.06 bits per heavy atom. The van der Waals surface area contributed by atoms with Crippen LogP contribution in [0.5, 0.6) is 0 Å². The normalized spacial score (nSPS) is 12.5. The minimum Gasteiger partial charge on any atom is -0.320 e. The Balaban J connectivity index is 2.41. The van der Waals surface area contributed by atoms with Crippen LogP contribution in [0.1, 0.15) is 22.7 Å². The van der Waals surface area contributed by atoms with E-state index in [-0.39, 0.29) is 5.82 Å². The first kappa shape index (κ1) is 13.2. The van der Waals surface area contributed by atoms with Crippen molar-refractivity contribution in [3.05, 3.63) is 69.2 Å². The average molecular weight is 312 g/mol. The molecule has 2 N–H and O–H groups in total. The molecular weight excluding hydrogens is 300 g/mol. The van der Waals surface area contributed by atoms with Gasteiger partial charge in [-0.2, -0.15) is 0 Å². The van der Waals surface area contributed by atoms with Crippen LogP contribution in [0.2, 0.25) is 0 Å². The van der Waals surface area contributed by atoms with Crippen molar-refractivity contribution in [2.45, 2.75) is 13.0 Å². The lowest BCUT2D eigenvalue weighted by Crippen LogP contribution is -2.14. The van der Waals surface area contributed by atoms with Gasteiger partial charge in [-0.25, -0.2) is 8.78 Å². The number of benzene rings is 2. The van der Waals surface area contributed by atoms with Crippen molar-refractivity contribution in [1.29, 1.82) is 0 Å². The van der Waals surface area contributed by atoms with Crippen molar-refractivity contribution in [3.8, 4) is 0 Å². The number of hydrogen-bond acceptors (Lipinski definition) is 1. The van der Waals surface area contributed by atoms with Crippen LogP contribution in [0.15, 0.2) is 40.9 Å². The van der Waals surface area contributed by atoms with E-state index in [4.69, 9.17) is 5.73 Å². The fourth-order valence-corrected chi connectivity index (χ4v) is 2.07. The van der Waals surface area contributed by atoms with Crippen LogP contribution in [-0.4, -0.2) is 0 Å². The molecule has 0 bridgehead atoms. The number of hydrogen-bond donors (Lipinski definition) is 1. The fourth-order valence-electron chi connectivity index (χ4n) is 1.74. The highest BCUT2D eigenvalue weighted by Crippen LogP contribution is 2.25. The molecule has 0 aromatic heterocycles. The average Bonchev–Trinajstić information content (AvgIpc) is 2.32. The molecule has 94 valence electrons. The van der Waals surface area contributed by atoms with Crippen LogP contribution in [0.4, 0.5) is 8.78 Å². The summed E-state index contributed by atoms with van der Waals surface area (Å²) < 4.78 is 27.9. The van der Waals surface area contributed by atoms with Gasteiger partial charge in [-0.3, -0.25) is 0 Å². The Morgan fingerprint density at radius 2 is 1.78 bits per heavy atom. The molecule has 0 aliphatic carbocycles. The van der Waals surface area contributed by atoms with E-state index < -0.39 is 11.9 Å². The van der Waals surface area contributed by atoms with E-state index in [1.807, 2.05) is 0 Å². The molecular formula is C14H12BrF2N. The zero-order valence-electron chi connectivity index (χ0n) is 9.75. The van der Waals surface area contributed by atoms with Gasteiger partial charge in [0.2, 0.25) is 0 Å². The highest BCUT2D eigenvalue weighted by molar-refractivity contribution is 9.10. The zero-order valence-corrected chi connectivity index (χ0v) is 11.3. The van der Waals surface area contributed by atoms with Crippen LogP contribution < -0.4 is 5.73 Å². The summed E-state index contributed by atoms with van der Waals surface area (Å²) in [6, 6.07) is 8.69. The summed E-state index contributed by atoms with van der Waals surface area (Å²) in [5.74, 6) is -0.738. The van der Waals surface area contributed by atoms with Gasteiger partial charge in [0.1, 0.15) is 11.6 Å². The lowest BCUT2D eigenvalue weighted by Gasteiger charge is -2.14. The van der Waals surface area contributed by atoms with Gasteiger partial charge in [0.15, 0.2) is 0 Å². The smallest absolute Gasteiger partial charge is 0.129 e. The SMILES string of the molecule is Cc1ccc(C(N)c2ccc(Br)cc2F)cc1F. The van der Waals surface area contributed by atoms with E-state index in [1.54, 1.807) is 31.2 Å². The number of halogens is 3. The van der Waals surface area contributed by atoms with Gasteiger partial charge in [0.05, 0.1) is 6.04 Å². The molecule has 0 saturated carbocycles. The maximum absolute atomic E-state index is 13.8. The summed E-state index contributed by atoms with van der Waals surface area (Å²) in [6.45, 7) is 1.67. The van der Waals surface area contributed by atoms with E-state index in [9.17, 15) is 8.78 Å². The van der Waals surface area contributed by atoms with Gasteiger partial charge >= 0.3 is 0 Å². The molecule has 1 nitrogen and oxygen atoms in total. The third-order valence-electron chi connectivity index (χ3n) is 2.85. The molecule has 18 heavy (non-hydrogen) atoms. The van der Waals surface area contributed by atoms with E-state index in [0.717, 1.165) is 0 Å². The molecule has 1 atom stereocenters. The fraction of sp³-hybridized carbons (Fsp3) is 0.143. The molecule has 0 saturated heterocycles. The maximum Gasteiger partial charge on any atom is 0.129 e. The highest BCUT2D eigenvalue weighted by atomic mass is 79.9. The molecule has 2 aromatic rings. The van der Waals surface area contributed by atoms with E-state index >= 15 is 0 Å². The quantitative estimate of drug-likeness (QED) is 0.888. The number of nitrogens with two attached hydrogens (primary N) is 1. The van der Waals surface area contributed by atoms with Gasteiger partial charge < -0.3 is 5.73 Å². The predicted molar refractivity (Wildman–Crippen MR) is 71.3 cm³/mol. The van der Waals surface area contributed by atoms with Crippen molar-refractivity contribution in [1.82, 2.24) is 0 Å². The topological polar surface area (TPSA) is 26.0 Å². The van der Waals surface area contributed by atoms with Gasteiger partial charge in [-0.05, 0) is 36.2 Å². The Morgan fingerprint density at radius 3 is 2.39 bits per heavy atom. The van der Waals surface area contributed by atoms with Crippen LogP contribution in [0, 0.1) is 18.6 Å². The third-order valence-corrected chi connectivity index (χ3v) is 3.35. The molecule has 4 heteroatoms. The summed E-state index contributed by atoms with van der Waals surface area (Å²) in [5.41, 5.74) is 7.41. The van der Waals surface area contributed by atoms with Crippen molar-refractivity contribution in [2.75, 3.05) is 0 Å². The standard InChI is InChI=1S/C14H12BrF2N/c1-8-2-3-9(6-12(8)16)14(18)11-5-4-10(15)7-13(11)17/h2-7,14H,18H2,1H3. The number of aryl methyl sites for hydroxylation is 1. The Kier molecular flexibility index (Phi) is 3.78. The van der Waals surface area contributed by atoms with Crippen LogP contribution in [0.25, 0.3) is 0 Å². The molecule has 2 rings (SSSR count). The van der Waals surface area contributed by atoms with Crippen molar-refractivity contribution in [2.24, 2.45) is 5.73 Å². The summed E-state index contributed by atoms with van der Waals surface area (Å²) >= 11 is 3.18. The largest absolute Gasteiger partial charge is 0.320 e. The predicted octanol–water partition coefficient (Wildman–Crippen LogP) is 4.08. The molecule has 0 aliphatic heterocycles. The third kappa shape index (κ3) is 2.60. The van der Waals surface area contributed by atoms with Gasteiger partial charge in [0, 0.05) is 10.0 Å². The first-order valence-corrected chi connectivity index (χ1v) is 6.25. The molecule has 0 aliphatic rings. The molecule has 0 spiro atoms. The van der Waals surface area contributed by atoms with Crippen molar-refractivity contribution >= 4 is 15.9 Å². The summed E-state index contributed by atoms with van der Waals surface area (Å²) in [4.78, 5) is 0. The van der Waals surface area contributed by atoms with E-state index in [2.05, 4.69) is 15.9 Å². The first-order chi connectivity index (χ1) is 8.49. The molecule has 2 aromatic carbocycles. The number of rotatable bonds is 2. The second-order valence-corrected chi connectivity index (χ2v) is 5.07. The summed E-state index contributed by atoms with van der Waals surface area (Å²) in [7, 11) is 0. The van der Waals surface area contributed by atoms with Gasteiger partial charge in [-0.1, -0.05) is 34.1 Å². The Labute approximate surface area is 113 Å². The van der Waals surface area contributed by atoms with Crippen molar-refractivity contribution in [3.63, 3.8) is 0 Å². The van der Waals surface area contributed by atoms with Gasteiger partial charge in [0.25, 0.3) is 0 Å². The maximum atomic E-state index is 13.8. The van der Waals surface area contributed by atoms with E-state index in [0.29, 0.717) is 21.2 Å². The first-order valence-electron chi connectivity index (χ1n) is 5.45. The monoisotopic (exact) mass is 311 g/mol. The second kappa shape index (κ2) is 5.16. The minimum atomic E-state index is -0.673. The lowest BCUT2D eigenvalue weighted by molar-refractivity contribution is 0.593. The highest BCUT2D eigenvalue weighted by Gasteiger charge is 2.14. The molecule has 0 amide bonds. The molecule has 1 unspecified atom stereocenters. The zero-order chi connectivity index (χ0) is 13.3. The summed E-state index contributed by atoms with van der Waals surface area (Å²) in [6.07, 6.45) is 0. The molecule has 0 radical (unpaired) electrons. The van der Waals surface area contributed by atoms with Crippen molar-refractivity contribution < 1.29 is 8.78 Å². The minimum absolute atomic E-state index is 0.333. The van der Waals surface area contributed by atoms with Crippen LogP contribution in [0.3, 0.4) is 0 Å². The lowest BCUT2D eigenvalue weighted by atomic mass is 9.98. The van der Waals surface area contributed by atoms with E-state index in [1.165, 1.54) is 12.1 Å². The summed E-state index contributed by atoms with van der Waals surface area (Å²) in [5, 5.41) is 0.